The van der Waals surface area contributed by atoms with Crippen molar-refractivity contribution in [3.63, 3.8) is 0 Å². The number of nitrogens with zero attached hydrogens (tertiary/aromatic N) is 2. The molecule has 1 aliphatic heterocycles. The van der Waals surface area contributed by atoms with Crippen molar-refractivity contribution in [3.8, 4) is 5.75 Å². The van der Waals surface area contributed by atoms with Gasteiger partial charge in [-0.15, -0.1) is 0 Å². The van der Waals surface area contributed by atoms with Crippen LogP contribution in [0.15, 0.2) is 29.5 Å². The van der Waals surface area contributed by atoms with Gasteiger partial charge in [-0.2, -0.15) is 4.48 Å². The highest BCUT2D eigenvalue weighted by atomic mass is 16.3. The zero-order valence-corrected chi connectivity index (χ0v) is 15.1. The van der Waals surface area contributed by atoms with Gasteiger partial charge < -0.3 is 5.11 Å². The minimum Gasteiger partial charge on any atom is -0.507 e. The summed E-state index contributed by atoms with van der Waals surface area (Å²) in [5, 5.41) is 10.7. The second-order valence-electron chi connectivity index (χ2n) is 8.44. The standard InChI is InChI=1S/C19H26N2O2/c1-18(2,3)14-10-13(11-15(16(14)22)19(4,5)6)17(23)21(7)9-8-20-12-21/h8-12H,1-7H3/p+1. The van der Waals surface area contributed by atoms with Gasteiger partial charge >= 0.3 is 5.91 Å². The van der Waals surface area contributed by atoms with Crippen molar-refractivity contribution in [2.24, 2.45) is 4.99 Å². The molecule has 0 spiro atoms. The quantitative estimate of drug-likeness (QED) is 0.794. The molecule has 4 nitrogen and oxygen atoms in total. The topological polar surface area (TPSA) is 49.7 Å². The fraction of sp³-hybridized carbons (Fsp3) is 0.474. The molecule has 1 N–H and O–H groups in total. The zero-order valence-electron chi connectivity index (χ0n) is 15.1. The summed E-state index contributed by atoms with van der Waals surface area (Å²) in [6.07, 6.45) is 5.00. The van der Waals surface area contributed by atoms with E-state index in [0.29, 0.717) is 5.56 Å². The molecule has 0 fully saturated rings. The van der Waals surface area contributed by atoms with Crippen LogP contribution in [0.5, 0.6) is 5.75 Å². The van der Waals surface area contributed by atoms with Crippen molar-refractivity contribution in [1.82, 2.24) is 0 Å². The number of phenolic OH excluding ortho intramolecular Hbond substituents is 1. The molecule has 1 heterocycles. The molecule has 0 saturated heterocycles. The Labute approximate surface area is 138 Å². The van der Waals surface area contributed by atoms with Gasteiger partial charge in [0.05, 0.1) is 18.8 Å². The number of hydrogen-bond acceptors (Lipinski definition) is 3. The van der Waals surface area contributed by atoms with Crippen LogP contribution in [0.1, 0.15) is 63.0 Å². The van der Waals surface area contributed by atoms with E-state index in [1.165, 1.54) is 0 Å². The van der Waals surface area contributed by atoms with Crippen molar-refractivity contribution in [2.45, 2.75) is 52.4 Å². The summed E-state index contributed by atoms with van der Waals surface area (Å²) in [6.45, 7) is 12.2. The SMILES string of the molecule is CC(C)(C)c1cc(C(=O)[N+]2(C)C=CN=C2)cc(C(C)(C)C)c1O. The molecule has 1 unspecified atom stereocenters. The van der Waals surface area contributed by atoms with E-state index < -0.39 is 0 Å². The first-order chi connectivity index (χ1) is 10.4. The predicted octanol–water partition coefficient (Wildman–Crippen LogP) is 4.09. The molecule has 1 aromatic rings. The number of carbonyl (C=O) groups excluding carboxylic acids is 1. The minimum atomic E-state index is -0.256. The van der Waals surface area contributed by atoms with E-state index in [0.717, 1.165) is 11.1 Å². The van der Waals surface area contributed by atoms with Crippen LogP contribution in [0.3, 0.4) is 0 Å². The second kappa shape index (κ2) is 5.31. The highest BCUT2D eigenvalue weighted by molar-refractivity contribution is 5.94. The Morgan fingerprint density at radius 1 is 1.04 bits per heavy atom. The van der Waals surface area contributed by atoms with Crippen LogP contribution in [0.25, 0.3) is 0 Å². The van der Waals surface area contributed by atoms with Crippen LogP contribution in [0.4, 0.5) is 0 Å². The molecular formula is C19H27N2O2+. The maximum atomic E-state index is 13.0. The number of hydrogen-bond donors (Lipinski definition) is 1. The smallest absolute Gasteiger partial charge is 0.356 e. The van der Waals surface area contributed by atoms with E-state index >= 15 is 0 Å². The van der Waals surface area contributed by atoms with Gasteiger partial charge in [-0.25, -0.2) is 9.79 Å². The molecule has 1 atom stereocenters. The molecular weight excluding hydrogens is 288 g/mol. The van der Waals surface area contributed by atoms with Crippen LogP contribution in [-0.2, 0) is 10.8 Å². The summed E-state index contributed by atoms with van der Waals surface area (Å²) in [6, 6.07) is 3.63. The summed E-state index contributed by atoms with van der Waals surface area (Å²) < 4.78 is 0.0118. The molecule has 124 valence electrons. The van der Waals surface area contributed by atoms with Crippen LogP contribution < -0.4 is 0 Å². The molecule has 2 rings (SSSR count). The van der Waals surface area contributed by atoms with Crippen LogP contribution in [0.2, 0.25) is 0 Å². The van der Waals surface area contributed by atoms with Crippen molar-refractivity contribution >= 4 is 12.2 Å². The summed E-state index contributed by atoms with van der Waals surface area (Å²) in [5.74, 6) is 0.230. The fourth-order valence-electron chi connectivity index (χ4n) is 2.69. The molecule has 0 radical (unpaired) electrons. The van der Waals surface area contributed by atoms with E-state index in [-0.39, 0.29) is 27.0 Å². The van der Waals surface area contributed by atoms with Crippen molar-refractivity contribution in [1.29, 1.82) is 0 Å². The molecule has 4 heteroatoms. The van der Waals surface area contributed by atoms with E-state index in [9.17, 15) is 9.90 Å². The fourth-order valence-corrected chi connectivity index (χ4v) is 2.69. The second-order valence-corrected chi connectivity index (χ2v) is 8.44. The third-order valence-corrected chi connectivity index (χ3v) is 4.18. The third kappa shape index (κ3) is 3.22. The van der Waals surface area contributed by atoms with Crippen molar-refractivity contribution < 1.29 is 14.4 Å². The number of aromatic hydroxyl groups is 1. The lowest BCUT2D eigenvalue weighted by Crippen LogP contribution is -2.41. The highest BCUT2D eigenvalue weighted by Crippen LogP contribution is 2.40. The molecule has 23 heavy (non-hydrogen) atoms. The van der Waals surface area contributed by atoms with Crippen LogP contribution >= 0.6 is 0 Å². The zero-order chi connectivity index (χ0) is 17.6. The Morgan fingerprint density at radius 2 is 1.52 bits per heavy atom. The molecule has 0 aromatic heterocycles. The minimum absolute atomic E-state index is 0.0118. The van der Waals surface area contributed by atoms with Gasteiger partial charge in [-0.05, 0) is 23.0 Å². The van der Waals surface area contributed by atoms with E-state index in [4.69, 9.17) is 0 Å². The van der Waals surface area contributed by atoms with Gasteiger partial charge in [0, 0.05) is 11.1 Å². The number of amides is 1. The highest BCUT2D eigenvalue weighted by Gasteiger charge is 2.35. The first kappa shape index (κ1) is 17.4. The molecule has 0 bridgehead atoms. The number of rotatable bonds is 1. The van der Waals surface area contributed by atoms with Gasteiger partial charge in [-0.3, -0.25) is 0 Å². The lowest BCUT2D eigenvalue weighted by atomic mass is 9.78. The summed E-state index contributed by atoms with van der Waals surface area (Å²) in [5.41, 5.74) is 1.67. The summed E-state index contributed by atoms with van der Waals surface area (Å²) in [4.78, 5) is 17.0. The van der Waals surface area contributed by atoms with Crippen LogP contribution in [-0.4, -0.2) is 28.9 Å². The average molecular weight is 315 g/mol. The first-order valence-corrected chi connectivity index (χ1v) is 7.87. The van der Waals surface area contributed by atoms with Gasteiger partial charge in [0.2, 0.25) is 6.34 Å². The average Bonchev–Trinajstić information content (AvgIpc) is 2.83. The number of phenols is 1. The number of carbonyl (C=O) groups is 1. The number of quaternary nitrogens is 1. The number of benzene rings is 1. The van der Waals surface area contributed by atoms with E-state index in [2.05, 4.69) is 4.99 Å². The Hall–Kier alpha value is -1.94. The normalized spacial score (nSPS) is 21.0. The van der Waals surface area contributed by atoms with Gasteiger partial charge in [0.1, 0.15) is 11.9 Å². The Kier molecular flexibility index (Phi) is 4.02. The van der Waals surface area contributed by atoms with Gasteiger partial charge in [0.15, 0.2) is 0 Å². The Morgan fingerprint density at radius 3 is 1.87 bits per heavy atom. The monoisotopic (exact) mass is 315 g/mol. The Bertz CT molecular complexity index is 654. The lowest BCUT2D eigenvalue weighted by molar-refractivity contribution is -0.663. The van der Waals surface area contributed by atoms with Crippen molar-refractivity contribution in [2.75, 3.05) is 7.05 Å². The van der Waals surface area contributed by atoms with Crippen LogP contribution in [0, 0.1) is 0 Å². The Balaban J connectivity index is 2.68. The van der Waals surface area contributed by atoms with E-state index in [1.54, 1.807) is 25.8 Å². The molecule has 1 amide bonds. The molecule has 1 aromatic carbocycles. The lowest BCUT2D eigenvalue weighted by Gasteiger charge is -2.28. The maximum absolute atomic E-state index is 13.0. The molecule has 1 aliphatic rings. The van der Waals surface area contributed by atoms with Crippen molar-refractivity contribution in [3.05, 3.63) is 41.2 Å². The first-order valence-electron chi connectivity index (χ1n) is 7.87. The molecule has 0 saturated carbocycles. The molecule has 0 aliphatic carbocycles. The third-order valence-electron chi connectivity index (χ3n) is 4.18. The number of aliphatic imine (C=N–C) groups is 1. The maximum Gasteiger partial charge on any atom is 0.356 e. The summed E-state index contributed by atoms with van der Waals surface area (Å²) in [7, 11) is 1.80. The largest absolute Gasteiger partial charge is 0.507 e. The van der Waals surface area contributed by atoms with Gasteiger partial charge in [-0.1, -0.05) is 41.5 Å². The van der Waals surface area contributed by atoms with E-state index in [1.807, 2.05) is 53.7 Å². The van der Waals surface area contributed by atoms with Gasteiger partial charge in [0.25, 0.3) is 0 Å². The summed E-state index contributed by atoms with van der Waals surface area (Å²) >= 11 is 0. The predicted molar refractivity (Wildman–Crippen MR) is 93.7 cm³/mol.